The Labute approximate surface area is 159 Å². The van der Waals surface area contributed by atoms with Crippen LogP contribution < -0.4 is 5.32 Å². The number of ketones is 1. The second-order valence-electron chi connectivity index (χ2n) is 6.48. The summed E-state index contributed by atoms with van der Waals surface area (Å²) >= 11 is 0. The van der Waals surface area contributed by atoms with Gasteiger partial charge in [-0.05, 0) is 31.0 Å². The number of nitrogens with one attached hydrogen (secondary N) is 1. The zero-order valence-corrected chi connectivity index (χ0v) is 16.4. The lowest BCUT2D eigenvalue weighted by Gasteiger charge is -2.18. The van der Waals surface area contributed by atoms with Crippen molar-refractivity contribution in [2.75, 3.05) is 20.1 Å². The molecule has 1 aromatic heterocycles. The maximum Gasteiger partial charge on any atom is 0.243 e. The number of hydrogen-bond acceptors (Lipinski definition) is 5. The van der Waals surface area contributed by atoms with Crippen molar-refractivity contribution in [1.29, 1.82) is 0 Å². The summed E-state index contributed by atoms with van der Waals surface area (Å²) < 4.78 is 27.9. The van der Waals surface area contributed by atoms with Crippen LogP contribution in [-0.2, 0) is 21.4 Å². The molecule has 0 saturated carbocycles. The van der Waals surface area contributed by atoms with Gasteiger partial charge in [-0.3, -0.25) is 14.3 Å². The van der Waals surface area contributed by atoms with Crippen LogP contribution >= 0.6 is 0 Å². The highest BCUT2D eigenvalue weighted by atomic mass is 32.2. The fraction of sp³-hybridized carbons (Fsp3) is 0.389. The summed E-state index contributed by atoms with van der Waals surface area (Å²) in [5, 5.41) is 6.85. The van der Waals surface area contributed by atoms with Gasteiger partial charge >= 0.3 is 0 Å². The molecule has 146 valence electrons. The Bertz CT molecular complexity index is 877. The molecule has 2 rings (SSSR count). The van der Waals surface area contributed by atoms with E-state index in [9.17, 15) is 18.0 Å². The van der Waals surface area contributed by atoms with Gasteiger partial charge in [0.1, 0.15) is 0 Å². The number of hydrogen-bond donors (Lipinski definition) is 1. The van der Waals surface area contributed by atoms with Crippen LogP contribution in [0.2, 0.25) is 0 Å². The van der Waals surface area contributed by atoms with Crippen molar-refractivity contribution in [3.05, 3.63) is 48.3 Å². The van der Waals surface area contributed by atoms with E-state index >= 15 is 0 Å². The molecule has 8 nitrogen and oxygen atoms in total. The fourth-order valence-electron chi connectivity index (χ4n) is 2.47. The lowest BCUT2D eigenvalue weighted by molar-refractivity contribution is -0.121. The average molecular weight is 392 g/mol. The van der Waals surface area contributed by atoms with E-state index in [0.29, 0.717) is 18.7 Å². The molecule has 0 spiro atoms. The highest BCUT2D eigenvalue weighted by Gasteiger charge is 2.23. The van der Waals surface area contributed by atoms with Crippen molar-refractivity contribution in [3.63, 3.8) is 0 Å². The van der Waals surface area contributed by atoms with Gasteiger partial charge in [-0.25, -0.2) is 8.42 Å². The predicted molar refractivity (Wildman–Crippen MR) is 101 cm³/mol. The van der Waals surface area contributed by atoms with E-state index in [1.54, 1.807) is 10.9 Å². The largest absolute Gasteiger partial charge is 0.355 e. The van der Waals surface area contributed by atoms with Gasteiger partial charge in [0.05, 0.1) is 11.4 Å². The first-order valence-corrected chi connectivity index (χ1v) is 9.95. The summed E-state index contributed by atoms with van der Waals surface area (Å²) in [6, 6.07) is 7.48. The zero-order valence-electron chi connectivity index (χ0n) is 15.6. The number of rotatable bonds is 9. The molecule has 0 bridgehead atoms. The quantitative estimate of drug-likeness (QED) is 0.645. The first kappa shape index (κ1) is 20.8. The minimum absolute atomic E-state index is 0.0369. The molecule has 1 heterocycles. The van der Waals surface area contributed by atoms with Crippen molar-refractivity contribution >= 4 is 21.7 Å². The lowest BCUT2D eigenvalue weighted by Crippen LogP contribution is -2.40. The van der Waals surface area contributed by atoms with Gasteiger partial charge in [0.25, 0.3) is 0 Å². The summed E-state index contributed by atoms with van der Waals surface area (Å²) in [5.41, 5.74) is 0.431. The van der Waals surface area contributed by atoms with E-state index in [4.69, 9.17) is 0 Å². The van der Waals surface area contributed by atoms with Gasteiger partial charge < -0.3 is 5.32 Å². The molecule has 1 aromatic carbocycles. The Morgan fingerprint density at radius 1 is 1.26 bits per heavy atom. The van der Waals surface area contributed by atoms with Crippen molar-refractivity contribution in [1.82, 2.24) is 19.4 Å². The van der Waals surface area contributed by atoms with Crippen LogP contribution in [0.1, 0.15) is 24.2 Å². The van der Waals surface area contributed by atoms with E-state index in [1.165, 1.54) is 38.2 Å². The standard InChI is InChI=1S/C18H24N4O4S/c1-14(12-22-10-4-9-20-22)11-19-18(24)13-21(3)27(25,26)17-7-5-16(6-8-17)15(2)23/h4-10,14H,11-13H2,1-3H3,(H,19,24). The van der Waals surface area contributed by atoms with Crippen LogP contribution in [0.15, 0.2) is 47.6 Å². The lowest BCUT2D eigenvalue weighted by atomic mass is 10.2. The van der Waals surface area contributed by atoms with Crippen molar-refractivity contribution in [2.45, 2.75) is 25.3 Å². The Kier molecular flexibility index (Phi) is 6.86. The molecule has 0 aliphatic rings. The molecule has 0 saturated heterocycles. The monoisotopic (exact) mass is 392 g/mol. The molecular weight excluding hydrogens is 368 g/mol. The Balaban J connectivity index is 1.89. The summed E-state index contributed by atoms with van der Waals surface area (Å²) in [7, 11) is -2.46. The molecule has 0 fully saturated rings. The van der Waals surface area contributed by atoms with E-state index in [-0.39, 0.29) is 29.0 Å². The van der Waals surface area contributed by atoms with Crippen LogP contribution in [0.3, 0.4) is 0 Å². The van der Waals surface area contributed by atoms with E-state index < -0.39 is 10.0 Å². The number of carbonyl (C=O) groups is 2. The van der Waals surface area contributed by atoms with Gasteiger partial charge in [0.15, 0.2) is 5.78 Å². The first-order chi connectivity index (χ1) is 12.7. The molecular formula is C18H24N4O4S. The Morgan fingerprint density at radius 3 is 2.48 bits per heavy atom. The van der Waals surface area contributed by atoms with Gasteiger partial charge in [-0.2, -0.15) is 9.40 Å². The number of nitrogens with zero attached hydrogens (tertiary/aromatic N) is 3. The van der Waals surface area contributed by atoms with Gasteiger partial charge in [0.2, 0.25) is 15.9 Å². The van der Waals surface area contributed by atoms with Crippen LogP contribution in [0.4, 0.5) is 0 Å². The van der Waals surface area contributed by atoms with Gasteiger partial charge in [-0.15, -0.1) is 0 Å². The molecule has 0 aliphatic carbocycles. The van der Waals surface area contributed by atoms with Crippen LogP contribution in [0, 0.1) is 5.92 Å². The maximum absolute atomic E-state index is 12.5. The third-order valence-corrected chi connectivity index (χ3v) is 5.86. The van der Waals surface area contributed by atoms with Gasteiger partial charge in [0, 0.05) is 38.1 Å². The van der Waals surface area contributed by atoms with Crippen molar-refractivity contribution in [2.24, 2.45) is 5.92 Å². The summed E-state index contributed by atoms with van der Waals surface area (Å²) in [4.78, 5) is 23.4. The molecule has 0 aliphatic heterocycles. The summed E-state index contributed by atoms with van der Waals surface area (Å²) in [6.07, 6.45) is 3.53. The van der Waals surface area contributed by atoms with Crippen molar-refractivity contribution < 1.29 is 18.0 Å². The molecule has 0 radical (unpaired) electrons. The minimum atomic E-state index is -3.81. The number of carbonyl (C=O) groups excluding carboxylic acids is 2. The second kappa shape index (κ2) is 8.92. The molecule has 2 aromatic rings. The van der Waals surface area contributed by atoms with E-state index in [1.807, 2.05) is 19.2 Å². The van der Waals surface area contributed by atoms with Crippen molar-refractivity contribution in [3.8, 4) is 0 Å². The highest BCUT2D eigenvalue weighted by molar-refractivity contribution is 7.89. The van der Waals surface area contributed by atoms with E-state index in [0.717, 1.165) is 4.31 Å². The molecule has 1 N–H and O–H groups in total. The zero-order chi connectivity index (χ0) is 20.0. The van der Waals surface area contributed by atoms with Crippen LogP contribution in [-0.4, -0.2) is 54.3 Å². The van der Waals surface area contributed by atoms with Gasteiger partial charge in [-0.1, -0.05) is 19.1 Å². The third kappa shape index (κ3) is 5.73. The topological polar surface area (TPSA) is 101 Å². The van der Waals surface area contributed by atoms with Crippen LogP contribution in [0.5, 0.6) is 0 Å². The maximum atomic E-state index is 12.5. The molecule has 27 heavy (non-hydrogen) atoms. The number of Topliss-reactive ketones (excluding diaryl/α,β-unsaturated/α-hetero) is 1. The average Bonchev–Trinajstić information content (AvgIpc) is 3.13. The number of likely N-dealkylation sites (N-methyl/N-ethyl adjacent to an activating group) is 1. The third-order valence-electron chi connectivity index (χ3n) is 4.04. The normalized spacial score (nSPS) is 12.7. The van der Waals surface area contributed by atoms with Crippen LogP contribution in [0.25, 0.3) is 0 Å². The summed E-state index contributed by atoms with van der Waals surface area (Å²) in [6.45, 7) is 4.17. The second-order valence-corrected chi connectivity index (χ2v) is 8.52. The van der Waals surface area contributed by atoms with E-state index in [2.05, 4.69) is 10.4 Å². The molecule has 1 unspecified atom stereocenters. The SMILES string of the molecule is CC(=O)c1ccc(S(=O)(=O)N(C)CC(=O)NCC(C)Cn2cccn2)cc1. The fourth-order valence-corrected chi connectivity index (χ4v) is 3.59. The highest BCUT2D eigenvalue weighted by Crippen LogP contribution is 2.15. The Hall–Kier alpha value is -2.52. The number of amides is 1. The number of benzene rings is 1. The minimum Gasteiger partial charge on any atom is -0.355 e. The predicted octanol–water partition coefficient (Wildman–Crippen LogP) is 1.16. The first-order valence-electron chi connectivity index (χ1n) is 8.51. The number of sulfonamides is 1. The summed E-state index contributed by atoms with van der Waals surface area (Å²) in [5.74, 6) is -0.375. The molecule has 1 atom stereocenters. The smallest absolute Gasteiger partial charge is 0.243 e. The molecule has 9 heteroatoms. The Morgan fingerprint density at radius 2 is 1.93 bits per heavy atom. The molecule has 1 amide bonds. The number of aromatic nitrogens is 2.